The molecule has 2 aromatic carbocycles. The van der Waals surface area contributed by atoms with Gasteiger partial charge in [0, 0.05) is 12.7 Å². The average molecular weight is 240 g/mol. The first-order valence-electron chi connectivity index (χ1n) is 5.97. The summed E-state index contributed by atoms with van der Waals surface area (Å²) in [4.78, 5) is 10.8. The molecule has 2 rings (SSSR count). The molecule has 92 valence electrons. The van der Waals surface area contributed by atoms with Crippen molar-refractivity contribution >= 4 is 6.29 Å². The minimum atomic E-state index is 0.699. The van der Waals surface area contributed by atoms with Gasteiger partial charge in [-0.15, -0.1) is 0 Å². The normalized spacial score (nSPS) is 10.3. The molecule has 0 spiro atoms. The van der Waals surface area contributed by atoms with Gasteiger partial charge in [0.2, 0.25) is 0 Å². The lowest BCUT2D eigenvalue weighted by Gasteiger charge is -2.09. The fourth-order valence-electron chi connectivity index (χ4n) is 2.01. The number of methoxy groups -OCH3 is 1. The number of rotatable bonds is 5. The van der Waals surface area contributed by atoms with Gasteiger partial charge in [-0.25, -0.2) is 0 Å². The summed E-state index contributed by atoms with van der Waals surface area (Å²) >= 11 is 0. The fourth-order valence-corrected chi connectivity index (χ4v) is 2.01. The van der Waals surface area contributed by atoms with Crippen LogP contribution in [0.2, 0.25) is 0 Å². The maximum Gasteiger partial charge on any atom is 0.150 e. The molecule has 0 saturated carbocycles. The van der Waals surface area contributed by atoms with Crippen LogP contribution in [-0.4, -0.2) is 20.0 Å². The number of carbonyl (C=O) groups is 1. The summed E-state index contributed by atoms with van der Waals surface area (Å²) in [6.07, 6.45) is 1.75. The van der Waals surface area contributed by atoms with Crippen LogP contribution in [0.3, 0.4) is 0 Å². The van der Waals surface area contributed by atoms with Crippen LogP contribution in [0.15, 0.2) is 48.5 Å². The van der Waals surface area contributed by atoms with E-state index in [1.807, 2.05) is 36.4 Å². The van der Waals surface area contributed by atoms with E-state index in [9.17, 15) is 4.79 Å². The molecule has 2 nitrogen and oxygen atoms in total. The van der Waals surface area contributed by atoms with E-state index in [4.69, 9.17) is 4.74 Å². The van der Waals surface area contributed by atoms with Gasteiger partial charge < -0.3 is 4.74 Å². The molecule has 0 saturated heterocycles. The standard InChI is InChI=1S/C16H16O2/c1-18-10-9-14-6-2-3-8-16(14)15-7-4-5-13(11-15)12-17/h2-8,11-12H,9-10H2,1H3. The van der Waals surface area contributed by atoms with Gasteiger partial charge >= 0.3 is 0 Å². The van der Waals surface area contributed by atoms with Crippen molar-refractivity contribution in [3.8, 4) is 11.1 Å². The molecule has 0 heterocycles. The second-order valence-electron chi connectivity index (χ2n) is 4.14. The molecule has 0 atom stereocenters. The Morgan fingerprint density at radius 3 is 2.72 bits per heavy atom. The number of benzene rings is 2. The fraction of sp³-hybridized carbons (Fsp3) is 0.188. The van der Waals surface area contributed by atoms with Gasteiger partial charge in [-0.05, 0) is 29.2 Å². The van der Waals surface area contributed by atoms with Crippen LogP contribution < -0.4 is 0 Å². The van der Waals surface area contributed by atoms with E-state index in [0.717, 1.165) is 18.3 Å². The molecular weight excluding hydrogens is 224 g/mol. The Kier molecular flexibility index (Phi) is 4.26. The summed E-state index contributed by atoms with van der Waals surface area (Å²) in [7, 11) is 1.70. The van der Waals surface area contributed by atoms with Crippen molar-refractivity contribution in [3.63, 3.8) is 0 Å². The zero-order valence-electron chi connectivity index (χ0n) is 10.4. The van der Waals surface area contributed by atoms with Gasteiger partial charge in [0.15, 0.2) is 0 Å². The molecular formula is C16H16O2. The zero-order valence-corrected chi connectivity index (χ0v) is 10.4. The third kappa shape index (κ3) is 2.84. The highest BCUT2D eigenvalue weighted by Gasteiger charge is 2.04. The maximum atomic E-state index is 10.8. The highest BCUT2D eigenvalue weighted by Crippen LogP contribution is 2.24. The van der Waals surface area contributed by atoms with Crippen molar-refractivity contribution in [2.24, 2.45) is 0 Å². The Morgan fingerprint density at radius 1 is 1.11 bits per heavy atom. The topological polar surface area (TPSA) is 26.3 Å². The minimum absolute atomic E-state index is 0.699. The Morgan fingerprint density at radius 2 is 1.94 bits per heavy atom. The molecule has 0 fully saturated rings. The van der Waals surface area contributed by atoms with Crippen molar-refractivity contribution in [2.75, 3.05) is 13.7 Å². The highest BCUT2D eigenvalue weighted by molar-refractivity contribution is 5.79. The summed E-state index contributed by atoms with van der Waals surface area (Å²) in [6.45, 7) is 0.699. The number of carbonyl (C=O) groups excluding carboxylic acids is 1. The number of hydrogen-bond acceptors (Lipinski definition) is 2. The predicted molar refractivity (Wildman–Crippen MR) is 72.8 cm³/mol. The summed E-state index contributed by atoms with van der Waals surface area (Å²) in [5, 5.41) is 0. The van der Waals surface area contributed by atoms with E-state index in [2.05, 4.69) is 12.1 Å². The lowest BCUT2D eigenvalue weighted by atomic mass is 9.97. The van der Waals surface area contributed by atoms with Crippen molar-refractivity contribution in [2.45, 2.75) is 6.42 Å². The lowest BCUT2D eigenvalue weighted by molar-refractivity contribution is 0.112. The Hall–Kier alpha value is -1.93. The van der Waals surface area contributed by atoms with Gasteiger partial charge in [-0.2, -0.15) is 0 Å². The summed E-state index contributed by atoms with van der Waals surface area (Å²) in [5.74, 6) is 0. The molecule has 0 unspecified atom stereocenters. The smallest absolute Gasteiger partial charge is 0.150 e. The first-order valence-corrected chi connectivity index (χ1v) is 5.97. The summed E-state index contributed by atoms with van der Waals surface area (Å²) in [5.41, 5.74) is 4.18. The molecule has 0 aromatic heterocycles. The lowest BCUT2D eigenvalue weighted by Crippen LogP contribution is -1.97. The van der Waals surface area contributed by atoms with E-state index in [1.165, 1.54) is 11.1 Å². The van der Waals surface area contributed by atoms with Crippen LogP contribution in [0.5, 0.6) is 0 Å². The first-order chi connectivity index (χ1) is 8.85. The Balaban J connectivity index is 2.39. The van der Waals surface area contributed by atoms with Crippen molar-refractivity contribution < 1.29 is 9.53 Å². The van der Waals surface area contributed by atoms with Gasteiger partial charge in [-0.1, -0.05) is 42.5 Å². The molecule has 0 aliphatic rings. The third-order valence-corrected chi connectivity index (χ3v) is 2.93. The zero-order chi connectivity index (χ0) is 12.8. The second kappa shape index (κ2) is 6.12. The first kappa shape index (κ1) is 12.5. The monoisotopic (exact) mass is 240 g/mol. The van der Waals surface area contributed by atoms with Gasteiger partial charge in [0.1, 0.15) is 6.29 Å². The van der Waals surface area contributed by atoms with E-state index in [0.29, 0.717) is 12.2 Å². The Bertz CT molecular complexity index is 532. The predicted octanol–water partition coefficient (Wildman–Crippen LogP) is 3.36. The quantitative estimate of drug-likeness (QED) is 0.749. The van der Waals surface area contributed by atoms with Gasteiger partial charge in [0.25, 0.3) is 0 Å². The van der Waals surface area contributed by atoms with E-state index < -0.39 is 0 Å². The van der Waals surface area contributed by atoms with Crippen LogP contribution in [0.25, 0.3) is 11.1 Å². The molecule has 0 aliphatic heterocycles. The highest BCUT2D eigenvalue weighted by atomic mass is 16.5. The second-order valence-corrected chi connectivity index (χ2v) is 4.14. The van der Waals surface area contributed by atoms with E-state index in [-0.39, 0.29) is 0 Å². The number of hydrogen-bond donors (Lipinski definition) is 0. The largest absolute Gasteiger partial charge is 0.384 e. The van der Waals surface area contributed by atoms with Crippen LogP contribution in [0, 0.1) is 0 Å². The molecule has 0 aliphatic carbocycles. The third-order valence-electron chi connectivity index (χ3n) is 2.93. The number of aldehydes is 1. The summed E-state index contributed by atoms with van der Waals surface area (Å²) < 4.78 is 5.13. The van der Waals surface area contributed by atoms with E-state index >= 15 is 0 Å². The molecule has 2 heteroatoms. The minimum Gasteiger partial charge on any atom is -0.384 e. The van der Waals surface area contributed by atoms with Crippen LogP contribution >= 0.6 is 0 Å². The molecule has 0 radical (unpaired) electrons. The maximum absolute atomic E-state index is 10.8. The molecule has 0 bridgehead atoms. The molecule has 2 aromatic rings. The molecule has 0 N–H and O–H groups in total. The molecule has 18 heavy (non-hydrogen) atoms. The van der Waals surface area contributed by atoms with Crippen molar-refractivity contribution in [3.05, 3.63) is 59.7 Å². The van der Waals surface area contributed by atoms with Crippen LogP contribution in [0.4, 0.5) is 0 Å². The van der Waals surface area contributed by atoms with Crippen molar-refractivity contribution in [1.82, 2.24) is 0 Å². The van der Waals surface area contributed by atoms with Crippen molar-refractivity contribution in [1.29, 1.82) is 0 Å². The van der Waals surface area contributed by atoms with Gasteiger partial charge in [0.05, 0.1) is 6.61 Å². The van der Waals surface area contributed by atoms with Crippen LogP contribution in [0.1, 0.15) is 15.9 Å². The summed E-state index contributed by atoms with van der Waals surface area (Å²) in [6, 6.07) is 15.9. The SMILES string of the molecule is COCCc1ccccc1-c1cccc(C=O)c1. The van der Waals surface area contributed by atoms with Crippen LogP contribution in [-0.2, 0) is 11.2 Å². The van der Waals surface area contributed by atoms with E-state index in [1.54, 1.807) is 7.11 Å². The Labute approximate surface area is 107 Å². The number of ether oxygens (including phenoxy) is 1. The molecule has 0 amide bonds. The average Bonchev–Trinajstić information content (AvgIpc) is 2.45. The van der Waals surface area contributed by atoms with Gasteiger partial charge in [-0.3, -0.25) is 4.79 Å².